The molecule has 0 spiro atoms. The van der Waals surface area contributed by atoms with E-state index >= 15 is 0 Å². The van der Waals surface area contributed by atoms with Crippen molar-refractivity contribution >= 4 is 11.6 Å². The second-order valence-corrected chi connectivity index (χ2v) is 12.2. The number of carbonyl (C=O) groups is 1. The Morgan fingerprint density at radius 2 is 1.59 bits per heavy atom. The van der Waals surface area contributed by atoms with Crippen LogP contribution < -0.4 is 10.6 Å². The number of benzene rings is 1. The fourth-order valence-electron chi connectivity index (χ4n) is 8.57. The van der Waals surface area contributed by atoms with Crippen LogP contribution in [0.1, 0.15) is 76.3 Å². The zero-order valence-corrected chi connectivity index (χ0v) is 21.0. The summed E-state index contributed by atoms with van der Waals surface area (Å²) >= 11 is 0. The summed E-state index contributed by atoms with van der Waals surface area (Å²) in [5.74, 6) is -0.141. The van der Waals surface area contributed by atoms with Crippen molar-refractivity contribution in [3.8, 4) is 0 Å². The van der Waals surface area contributed by atoms with Crippen LogP contribution in [0.15, 0.2) is 18.2 Å². The number of aliphatic hydroxyl groups is 1. The van der Waals surface area contributed by atoms with Gasteiger partial charge in [0.15, 0.2) is 0 Å². The number of piperidine rings is 1. The molecule has 1 aromatic rings. The molecule has 8 unspecified atom stereocenters. The van der Waals surface area contributed by atoms with E-state index in [1.165, 1.54) is 0 Å². The molecule has 4 nitrogen and oxygen atoms in total. The Labute approximate surface area is 212 Å². The van der Waals surface area contributed by atoms with Gasteiger partial charge in [0.2, 0.25) is 5.91 Å². The summed E-state index contributed by atoms with van der Waals surface area (Å²) in [5.41, 5.74) is -3.73. The van der Waals surface area contributed by atoms with E-state index in [4.69, 9.17) is 0 Å². The van der Waals surface area contributed by atoms with Crippen LogP contribution in [0.2, 0.25) is 0 Å². The van der Waals surface area contributed by atoms with E-state index in [9.17, 15) is 36.2 Å². The first-order valence-electron chi connectivity index (χ1n) is 13.2. The van der Waals surface area contributed by atoms with Crippen molar-refractivity contribution < 1.29 is 36.2 Å². The number of anilines is 1. The van der Waals surface area contributed by atoms with Crippen LogP contribution in [-0.2, 0) is 17.1 Å². The molecule has 10 heteroatoms. The Balaban J connectivity index is 1.38. The molecular weight excluding hydrogens is 498 g/mol. The maximum atomic E-state index is 13.6. The molecule has 8 atom stereocenters. The maximum absolute atomic E-state index is 13.6. The smallest absolute Gasteiger partial charge is 0.379 e. The molecule has 3 aliphatic carbocycles. The molecule has 3 saturated carbocycles. The van der Waals surface area contributed by atoms with Crippen LogP contribution in [0, 0.1) is 34.5 Å². The van der Waals surface area contributed by atoms with Crippen molar-refractivity contribution in [3.05, 3.63) is 29.3 Å². The number of hydrogen-bond donors (Lipinski definition) is 3. The number of nitrogens with one attached hydrogen (secondary N) is 2. The highest BCUT2D eigenvalue weighted by Crippen LogP contribution is 2.65. The van der Waals surface area contributed by atoms with Gasteiger partial charge in [-0.3, -0.25) is 10.1 Å². The largest absolute Gasteiger partial charge is 0.418 e. The van der Waals surface area contributed by atoms with Crippen LogP contribution in [0.5, 0.6) is 0 Å². The molecule has 4 aliphatic rings. The van der Waals surface area contributed by atoms with Crippen molar-refractivity contribution in [2.75, 3.05) is 5.32 Å². The van der Waals surface area contributed by atoms with Crippen LogP contribution >= 0.6 is 0 Å². The van der Waals surface area contributed by atoms with Crippen molar-refractivity contribution in [1.29, 1.82) is 0 Å². The summed E-state index contributed by atoms with van der Waals surface area (Å²) in [5, 5.41) is 15.7. The molecule has 0 radical (unpaired) electrons. The fourth-order valence-corrected chi connectivity index (χ4v) is 8.57. The summed E-state index contributed by atoms with van der Waals surface area (Å²) < 4.78 is 80.4. The van der Waals surface area contributed by atoms with Gasteiger partial charge in [0.25, 0.3) is 0 Å². The normalized spacial score (nSPS) is 39.9. The maximum Gasteiger partial charge on any atom is 0.418 e. The van der Waals surface area contributed by atoms with E-state index in [0.29, 0.717) is 42.9 Å². The molecule has 1 amide bonds. The molecule has 5 rings (SSSR count). The number of fused-ring (bicyclic) bond motifs is 5. The van der Waals surface area contributed by atoms with Gasteiger partial charge >= 0.3 is 12.4 Å². The molecule has 1 heterocycles. The number of rotatable bonds is 2. The lowest BCUT2D eigenvalue weighted by Gasteiger charge is -2.60. The molecule has 1 saturated heterocycles. The topological polar surface area (TPSA) is 61.4 Å². The van der Waals surface area contributed by atoms with Crippen molar-refractivity contribution in [1.82, 2.24) is 5.32 Å². The van der Waals surface area contributed by atoms with Crippen molar-refractivity contribution in [2.45, 2.75) is 89.8 Å². The average molecular weight is 533 g/mol. The highest BCUT2D eigenvalue weighted by atomic mass is 19.4. The van der Waals surface area contributed by atoms with Crippen LogP contribution in [0.25, 0.3) is 0 Å². The minimum atomic E-state index is -4.90. The van der Waals surface area contributed by atoms with E-state index < -0.39 is 52.6 Å². The van der Waals surface area contributed by atoms with Crippen molar-refractivity contribution in [3.63, 3.8) is 0 Å². The van der Waals surface area contributed by atoms with E-state index in [-0.39, 0.29) is 17.4 Å². The number of amides is 1. The standard InChI is InChI=1S/C27H34F6N2O2/c1-24-11-9-17-15(4-8-21-25(17,2)12-10-22(36)35-21)16(24)6-7-19(24)23(37)34-20-13-14(26(28,29)30)3-5-18(20)27(31,32)33/h3,5,13,15-17,19,21-22,35-36H,4,6-12H2,1-2H3,(H,34,37). The van der Waals surface area contributed by atoms with Gasteiger partial charge in [-0.15, -0.1) is 0 Å². The quantitative estimate of drug-likeness (QED) is 0.377. The van der Waals surface area contributed by atoms with Gasteiger partial charge in [0.05, 0.1) is 16.8 Å². The van der Waals surface area contributed by atoms with Crippen LogP contribution in [0.3, 0.4) is 0 Å². The first-order chi connectivity index (χ1) is 17.1. The highest BCUT2D eigenvalue weighted by Gasteiger charge is 2.61. The summed E-state index contributed by atoms with van der Waals surface area (Å²) in [7, 11) is 0. The summed E-state index contributed by atoms with van der Waals surface area (Å²) in [6.07, 6.45) is -3.77. The molecule has 0 bridgehead atoms. The third kappa shape index (κ3) is 4.45. The molecule has 4 fully saturated rings. The molecule has 1 aromatic carbocycles. The Hall–Kier alpha value is -1.81. The number of carbonyl (C=O) groups excluding carboxylic acids is 1. The first kappa shape index (κ1) is 26.8. The summed E-state index contributed by atoms with van der Waals surface area (Å²) in [6, 6.07) is 1.41. The number of alkyl halides is 6. The van der Waals surface area contributed by atoms with E-state index in [1.807, 2.05) is 6.92 Å². The second kappa shape index (κ2) is 8.86. The van der Waals surface area contributed by atoms with Crippen molar-refractivity contribution in [2.24, 2.45) is 34.5 Å². The van der Waals surface area contributed by atoms with Gasteiger partial charge in [-0.25, -0.2) is 0 Å². The Kier molecular flexibility index (Phi) is 6.42. The zero-order chi connectivity index (χ0) is 27.0. The SMILES string of the molecule is CC12CCC(O)NC1CCC1C2CCC2(C)C(C(=O)Nc3cc(C(F)(F)F)ccc3C(F)(F)F)CCC12. The molecule has 1 aliphatic heterocycles. The third-order valence-corrected chi connectivity index (χ3v) is 10.4. The van der Waals surface area contributed by atoms with Gasteiger partial charge in [0, 0.05) is 12.0 Å². The number of hydrogen-bond acceptors (Lipinski definition) is 3. The minimum absolute atomic E-state index is 0.0451. The first-order valence-corrected chi connectivity index (χ1v) is 13.2. The third-order valence-electron chi connectivity index (χ3n) is 10.4. The number of aliphatic hydroxyl groups excluding tert-OH is 1. The van der Waals surface area contributed by atoms with E-state index in [2.05, 4.69) is 17.6 Å². The predicted molar refractivity (Wildman–Crippen MR) is 125 cm³/mol. The number of halogens is 6. The predicted octanol–water partition coefficient (Wildman–Crippen LogP) is 6.59. The van der Waals surface area contributed by atoms with E-state index in [0.717, 1.165) is 38.5 Å². The Bertz CT molecular complexity index is 1060. The summed E-state index contributed by atoms with van der Waals surface area (Å²) in [4.78, 5) is 13.4. The minimum Gasteiger partial charge on any atom is -0.379 e. The van der Waals surface area contributed by atoms with Crippen LogP contribution in [0.4, 0.5) is 32.0 Å². The van der Waals surface area contributed by atoms with Gasteiger partial charge in [-0.1, -0.05) is 13.8 Å². The summed E-state index contributed by atoms with van der Waals surface area (Å²) in [6.45, 7) is 4.33. The zero-order valence-electron chi connectivity index (χ0n) is 21.0. The van der Waals surface area contributed by atoms with Crippen LogP contribution in [-0.4, -0.2) is 23.3 Å². The fraction of sp³-hybridized carbons (Fsp3) is 0.741. The lowest BCUT2D eigenvalue weighted by atomic mass is 9.47. The van der Waals surface area contributed by atoms with Gasteiger partial charge in [0.1, 0.15) is 6.23 Å². The average Bonchev–Trinajstić information content (AvgIpc) is 3.15. The molecule has 206 valence electrons. The Morgan fingerprint density at radius 3 is 2.27 bits per heavy atom. The molecular formula is C27H34F6N2O2. The van der Waals surface area contributed by atoms with Gasteiger partial charge in [-0.2, -0.15) is 26.3 Å². The van der Waals surface area contributed by atoms with E-state index in [1.54, 1.807) is 0 Å². The lowest BCUT2D eigenvalue weighted by molar-refractivity contribution is -0.141. The van der Waals surface area contributed by atoms with Gasteiger partial charge in [-0.05, 0) is 98.1 Å². The van der Waals surface area contributed by atoms with Gasteiger partial charge < -0.3 is 10.4 Å². The highest BCUT2D eigenvalue weighted by molar-refractivity contribution is 5.94. The molecule has 3 N–H and O–H groups in total. The molecule has 0 aromatic heterocycles. The lowest BCUT2D eigenvalue weighted by Crippen LogP contribution is -2.62. The molecule has 37 heavy (non-hydrogen) atoms. The monoisotopic (exact) mass is 532 g/mol. The second-order valence-electron chi connectivity index (χ2n) is 12.2. The Morgan fingerprint density at radius 1 is 0.919 bits per heavy atom.